The molecule has 1 aromatic rings. The first-order valence-corrected chi connectivity index (χ1v) is 5.24. The minimum atomic E-state index is 0.466. The summed E-state index contributed by atoms with van der Waals surface area (Å²) in [5, 5.41) is 12.1. The van der Waals surface area contributed by atoms with Crippen LogP contribution in [0.25, 0.3) is 0 Å². The van der Waals surface area contributed by atoms with Gasteiger partial charge < -0.3 is 5.32 Å². The molecule has 1 atom stereocenters. The van der Waals surface area contributed by atoms with Gasteiger partial charge in [0.1, 0.15) is 6.07 Å². The van der Waals surface area contributed by atoms with Crippen molar-refractivity contribution >= 4 is 5.69 Å². The van der Waals surface area contributed by atoms with Crippen molar-refractivity contribution in [1.29, 1.82) is 5.26 Å². The molecule has 80 valence electrons. The number of aromatic nitrogens is 1. The van der Waals surface area contributed by atoms with Crippen molar-refractivity contribution in [3.05, 3.63) is 24.0 Å². The highest BCUT2D eigenvalue weighted by molar-refractivity contribution is 5.53. The van der Waals surface area contributed by atoms with Gasteiger partial charge in [-0.05, 0) is 24.0 Å². The lowest BCUT2D eigenvalue weighted by Gasteiger charge is -2.17. The van der Waals surface area contributed by atoms with Crippen molar-refractivity contribution in [1.82, 2.24) is 4.98 Å². The fourth-order valence-corrected chi connectivity index (χ4v) is 1.14. The van der Waals surface area contributed by atoms with Gasteiger partial charge in [-0.3, -0.25) is 0 Å². The number of nitrogens with zero attached hydrogens (tertiary/aromatic N) is 2. The number of hydrogen-bond acceptors (Lipinski definition) is 3. The zero-order valence-corrected chi connectivity index (χ0v) is 9.49. The van der Waals surface area contributed by atoms with E-state index in [9.17, 15) is 0 Å². The standard InChI is InChI=1S/C12H17N3/c1-9(2)10(3)8-15-11-5-4-6-14-12(11)7-13/h4-6,9-10,15H,8H2,1-3H3. The normalized spacial score (nSPS) is 12.2. The molecule has 1 aromatic heterocycles. The average Bonchev–Trinajstić information content (AvgIpc) is 2.26. The SMILES string of the molecule is CC(C)C(C)CNc1cccnc1C#N. The predicted molar refractivity (Wildman–Crippen MR) is 61.4 cm³/mol. The van der Waals surface area contributed by atoms with E-state index in [1.54, 1.807) is 6.20 Å². The van der Waals surface area contributed by atoms with Gasteiger partial charge in [0.05, 0.1) is 5.69 Å². The van der Waals surface area contributed by atoms with Gasteiger partial charge in [-0.25, -0.2) is 4.98 Å². The molecule has 0 amide bonds. The molecule has 0 aliphatic carbocycles. The van der Waals surface area contributed by atoms with E-state index < -0.39 is 0 Å². The van der Waals surface area contributed by atoms with Crippen molar-refractivity contribution in [2.75, 3.05) is 11.9 Å². The van der Waals surface area contributed by atoms with Crippen LogP contribution in [0.15, 0.2) is 18.3 Å². The predicted octanol–water partition coefficient (Wildman–Crippen LogP) is 2.66. The van der Waals surface area contributed by atoms with E-state index in [1.165, 1.54) is 0 Å². The van der Waals surface area contributed by atoms with Crippen LogP contribution in [0.1, 0.15) is 26.5 Å². The second-order valence-electron chi connectivity index (χ2n) is 4.11. The summed E-state index contributed by atoms with van der Waals surface area (Å²) < 4.78 is 0. The van der Waals surface area contributed by atoms with Crippen LogP contribution in [0, 0.1) is 23.2 Å². The Morgan fingerprint density at radius 3 is 2.80 bits per heavy atom. The van der Waals surface area contributed by atoms with E-state index in [1.807, 2.05) is 12.1 Å². The number of nitriles is 1. The maximum Gasteiger partial charge on any atom is 0.163 e. The Balaban J connectivity index is 2.62. The smallest absolute Gasteiger partial charge is 0.163 e. The van der Waals surface area contributed by atoms with Crippen LogP contribution in [0.3, 0.4) is 0 Å². The molecule has 0 aromatic carbocycles. The largest absolute Gasteiger partial charge is 0.382 e. The summed E-state index contributed by atoms with van der Waals surface area (Å²) >= 11 is 0. The summed E-state index contributed by atoms with van der Waals surface area (Å²) in [6, 6.07) is 5.80. The van der Waals surface area contributed by atoms with E-state index in [4.69, 9.17) is 5.26 Å². The zero-order valence-electron chi connectivity index (χ0n) is 9.49. The van der Waals surface area contributed by atoms with Crippen LogP contribution >= 0.6 is 0 Å². The third-order valence-corrected chi connectivity index (χ3v) is 2.67. The average molecular weight is 203 g/mol. The van der Waals surface area contributed by atoms with E-state index in [2.05, 4.69) is 37.1 Å². The number of anilines is 1. The minimum Gasteiger partial charge on any atom is -0.382 e. The molecule has 1 rings (SSSR count). The maximum atomic E-state index is 8.84. The summed E-state index contributed by atoms with van der Waals surface area (Å²) in [6.07, 6.45) is 1.63. The first kappa shape index (κ1) is 11.5. The fraction of sp³-hybridized carbons (Fsp3) is 0.500. The molecule has 3 nitrogen and oxygen atoms in total. The molecule has 0 aliphatic rings. The first-order chi connectivity index (χ1) is 7.15. The number of rotatable bonds is 4. The molecule has 0 aliphatic heterocycles. The monoisotopic (exact) mass is 203 g/mol. The van der Waals surface area contributed by atoms with Gasteiger partial charge in [-0.2, -0.15) is 5.26 Å². The summed E-state index contributed by atoms with van der Waals surface area (Å²) in [5.41, 5.74) is 1.29. The van der Waals surface area contributed by atoms with Crippen molar-refractivity contribution in [2.45, 2.75) is 20.8 Å². The number of pyridine rings is 1. The maximum absolute atomic E-state index is 8.84. The van der Waals surface area contributed by atoms with E-state index >= 15 is 0 Å². The van der Waals surface area contributed by atoms with Gasteiger partial charge in [0, 0.05) is 12.7 Å². The molecular formula is C12H17N3. The highest BCUT2D eigenvalue weighted by Gasteiger charge is 2.08. The molecule has 0 radical (unpaired) electrons. The molecule has 0 fully saturated rings. The highest BCUT2D eigenvalue weighted by atomic mass is 14.9. The molecule has 1 heterocycles. The van der Waals surface area contributed by atoms with Crippen molar-refractivity contribution < 1.29 is 0 Å². The highest BCUT2D eigenvalue weighted by Crippen LogP contribution is 2.14. The van der Waals surface area contributed by atoms with Crippen molar-refractivity contribution in [3.63, 3.8) is 0 Å². The topological polar surface area (TPSA) is 48.7 Å². The molecule has 0 spiro atoms. The van der Waals surface area contributed by atoms with E-state index in [-0.39, 0.29) is 0 Å². The van der Waals surface area contributed by atoms with Gasteiger partial charge in [0.25, 0.3) is 0 Å². The lowest BCUT2D eigenvalue weighted by molar-refractivity contribution is 0.439. The summed E-state index contributed by atoms with van der Waals surface area (Å²) in [6.45, 7) is 7.46. The summed E-state index contributed by atoms with van der Waals surface area (Å²) in [4.78, 5) is 4.00. The molecule has 0 bridgehead atoms. The van der Waals surface area contributed by atoms with Gasteiger partial charge in [0.15, 0.2) is 5.69 Å². The Kier molecular flexibility index (Phi) is 4.11. The first-order valence-electron chi connectivity index (χ1n) is 5.24. The Morgan fingerprint density at radius 1 is 1.47 bits per heavy atom. The Bertz CT molecular complexity index is 352. The second kappa shape index (κ2) is 5.35. The summed E-state index contributed by atoms with van der Waals surface area (Å²) in [7, 11) is 0. The van der Waals surface area contributed by atoms with Crippen molar-refractivity contribution in [3.8, 4) is 6.07 Å². The van der Waals surface area contributed by atoms with Gasteiger partial charge in [-0.1, -0.05) is 20.8 Å². The third-order valence-electron chi connectivity index (χ3n) is 2.67. The number of nitrogens with one attached hydrogen (secondary N) is 1. The van der Waals surface area contributed by atoms with Crippen molar-refractivity contribution in [2.24, 2.45) is 11.8 Å². The molecule has 3 heteroatoms. The second-order valence-corrected chi connectivity index (χ2v) is 4.11. The van der Waals surface area contributed by atoms with Crippen LogP contribution in [-0.4, -0.2) is 11.5 Å². The van der Waals surface area contributed by atoms with Crippen LogP contribution < -0.4 is 5.32 Å². The molecule has 15 heavy (non-hydrogen) atoms. The van der Waals surface area contributed by atoms with Gasteiger partial charge in [-0.15, -0.1) is 0 Å². The van der Waals surface area contributed by atoms with Crippen LogP contribution in [-0.2, 0) is 0 Å². The van der Waals surface area contributed by atoms with E-state index in [0.29, 0.717) is 17.5 Å². The molecule has 1 unspecified atom stereocenters. The van der Waals surface area contributed by atoms with Gasteiger partial charge in [0.2, 0.25) is 0 Å². The third kappa shape index (κ3) is 3.25. The van der Waals surface area contributed by atoms with Gasteiger partial charge >= 0.3 is 0 Å². The molecular weight excluding hydrogens is 186 g/mol. The van der Waals surface area contributed by atoms with E-state index in [0.717, 1.165) is 12.2 Å². The Morgan fingerprint density at radius 2 is 2.20 bits per heavy atom. The molecule has 0 saturated heterocycles. The minimum absolute atomic E-state index is 0.466. The summed E-state index contributed by atoms with van der Waals surface area (Å²) in [5.74, 6) is 1.22. The van der Waals surface area contributed by atoms with Crippen LogP contribution in [0.4, 0.5) is 5.69 Å². The van der Waals surface area contributed by atoms with Crippen LogP contribution in [0.5, 0.6) is 0 Å². The number of hydrogen-bond donors (Lipinski definition) is 1. The molecule has 0 saturated carbocycles. The lowest BCUT2D eigenvalue weighted by atomic mass is 9.98. The molecule has 1 N–H and O–H groups in total. The Labute approximate surface area is 91.1 Å². The fourth-order valence-electron chi connectivity index (χ4n) is 1.14. The van der Waals surface area contributed by atoms with Crippen LogP contribution in [0.2, 0.25) is 0 Å². The zero-order chi connectivity index (χ0) is 11.3. The lowest BCUT2D eigenvalue weighted by Crippen LogP contribution is -2.16. The Hall–Kier alpha value is -1.56. The quantitative estimate of drug-likeness (QED) is 0.818.